The average molecular weight is 249 g/mol. The molecule has 0 spiro atoms. The number of esters is 2. The number of fused-ring (bicyclic) bond motifs is 1. The van der Waals surface area contributed by atoms with E-state index in [9.17, 15) is 9.59 Å². The summed E-state index contributed by atoms with van der Waals surface area (Å²) in [4.78, 5) is 23.6. The van der Waals surface area contributed by atoms with Gasteiger partial charge in [-0.1, -0.05) is 18.2 Å². The summed E-state index contributed by atoms with van der Waals surface area (Å²) in [6.45, 7) is 0. The number of benzene rings is 1. The van der Waals surface area contributed by atoms with Crippen molar-refractivity contribution in [2.45, 2.75) is 5.89 Å². The van der Waals surface area contributed by atoms with Crippen molar-refractivity contribution in [3.63, 3.8) is 0 Å². The van der Waals surface area contributed by atoms with Gasteiger partial charge in [0.25, 0.3) is 0 Å². The standard InChI is InChI=1S/C13H12O5/c1-16-12(14)11(13(15)17-2)9-7-18-10-6-4-3-5-8(9)10/h3-7,11H,1-2H3/i11D. The van der Waals surface area contributed by atoms with Crippen LogP contribution in [-0.4, -0.2) is 26.2 Å². The Labute approximate surface area is 105 Å². The molecule has 5 heteroatoms. The van der Waals surface area contributed by atoms with E-state index in [2.05, 4.69) is 9.47 Å². The molecule has 0 N–H and O–H groups in total. The Bertz CT molecular complexity index is 615. The first-order chi connectivity index (χ1) is 9.05. The highest BCUT2D eigenvalue weighted by molar-refractivity contribution is 6.04. The molecule has 0 aliphatic heterocycles. The van der Waals surface area contributed by atoms with Crippen molar-refractivity contribution in [3.8, 4) is 0 Å². The molecular formula is C13H12O5. The minimum Gasteiger partial charge on any atom is -0.468 e. The fourth-order valence-electron chi connectivity index (χ4n) is 1.68. The molecule has 2 rings (SSSR count). The van der Waals surface area contributed by atoms with Gasteiger partial charge in [-0.25, -0.2) is 0 Å². The van der Waals surface area contributed by atoms with Gasteiger partial charge in [-0.2, -0.15) is 0 Å². The second kappa shape index (κ2) is 4.91. The third-order valence-corrected chi connectivity index (χ3v) is 2.53. The molecule has 0 bridgehead atoms. The van der Waals surface area contributed by atoms with Crippen LogP contribution in [0.25, 0.3) is 11.0 Å². The molecule has 0 aliphatic rings. The van der Waals surface area contributed by atoms with Gasteiger partial charge in [-0.05, 0) is 6.07 Å². The van der Waals surface area contributed by atoms with Crippen LogP contribution in [0.2, 0.25) is 0 Å². The second-order valence-corrected chi connectivity index (χ2v) is 3.50. The normalized spacial score (nSPS) is 12.0. The number of ether oxygens (including phenoxy) is 2. The molecule has 5 nitrogen and oxygen atoms in total. The number of carbonyl (C=O) groups excluding carboxylic acids is 2. The summed E-state index contributed by atoms with van der Waals surface area (Å²) in [7, 11) is 2.22. The Morgan fingerprint density at radius 2 is 1.83 bits per heavy atom. The van der Waals surface area contributed by atoms with Gasteiger partial charge in [-0.15, -0.1) is 0 Å². The van der Waals surface area contributed by atoms with Crippen LogP contribution >= 0.6 is 0 Å². The van der Waals surface area contributed by atoms with Crippen molar-refractivity contribution in [2.24, 2.45) is 0 Å². The number of hydrogen-bond donors (Lipinski definition) is 0. The lowest BCUT2D eigenvalue weighted by atomic mass is 9.99. The van der Waals surface area contributed by atoms with Crippen LogP contribution in [0.1, 0.15) is 12.8 Å². The number of carbonyl (C=O) groups is 2. The van der Waals surface area contributed by atoms with Crippen molar-refractivity contribution in [3.05, 3.63) is 36.1 Å². The number of rotatable bonds is 3. The third-order valence-electron chi connectivity index (χ3n) is 2.53. The van der Waals surface area contributed by atoms with E-state index in [0.29, 0.717) is 11.0 Å². The maximum atomic E-state index is 11.8. The number of furan rings is 1. The Hall–Kier alpha value is -2.30. The zero-order valence-corrected chi connectivity index (χ0v) is 9.93. The SMILES string of the molecule is [2H]C(C(=O)OC)(C(=O)OC)c1coc2ccccc12. The van der Waals surface area contributed by atoms with E-state index < -0.39 is 17.8 Å². The Morgan fingerprint density at radius 1 is 1.22 bits per heavy atom. The lowest BCUT2D eigenvalue weighted by Gasteiger charge is -2.10. The maximum absolute atomic E-state index is 11.8. The predicted octanol–water partition coefficient (Wildman–Crippen LogP) is 1.86. The first kappa shape index (κ1) is 10.8. The summed E-state index contributed by atoms with van der Waals surface area (Å²) >= 11 is 0. The summed E-state index contributed by atoms with van der Waals surface area (Å²) in [6, 6.07) is 6.80. The smallest absolute Gasteiger partial charge is 0.324 e. The van der Waals surface area contributed by atoms with Crippen molar-refractivity contribution in [1.82, 2.24) is 0 Å². The molecule has 0 atom stereocenters. The Kier molecular flexibility index (Phi) is 2.96. The van der Waals surface area contributed by atoms with Gasteiger partial charge in [0.1, 0.15) is 5.58 Å². The van der Waals surface area contributed by atoms with Crippen molar-refractivity contribution >= 4 is 22.9 Å². The molecule has 2 aromatic rings. The summed E-state index contributed by atoms with van der Waals surface area (Å²) in [6.07, 6.45) is 1.20. The van der Waals surface area contributed by atoms with E-state index in [1.807, 2.05) is 0 Å². The lowest BCUT2D eigenvalue weighted by molar-refractivity contribution is -0.154. The molecule has 0 fully saturated rings. The van der Waals surface area contributed by atoms with Crippen LogP contribution in [-0.2, 0) is 19.1 Å². The summed E-state index contributed by atoms with van der Waals surface area (Å²) in [5.74, 6) is -4.34. The highest BCUT2D eigenvalue weighted by Crippen LogP contribution is 2.29. The van der Waals surface area contributed by atoms with Crippen molar-refractivity contribution in [2.75, 3.05) is 14.2 Å². The van der Waals surface area contributed by atoms with Gasteiger partial charge in [0.2, 0.25) is 0 Å². The van der Waals surface area contributed by atoms with Crippen LogP contribution in [0.4, 0.5) is 0 Å². The molecule has 0 saturated heterocycles. The third kappa shape index (κ3) is 1.95. The predicted molar refractivity (Wildman–Crippen MR) is 63.0 cm³/mol. The fraction of sp³-hybridized carbons (Fsp3) is 0.231. The largest absolute Gasteiger partial charge is 0.468 e. The zero-order chi connectivity index (χ0) is 14.0. The van der Waals surface area contributed by atoms with Crippen LogP contribution in [0.5, 0.6) is 0 Å². The van der Waals surface area contributed by atoms with Gasteiger partial charge in [-0.3, -0.25) is 9.59 Å². The van der Waals surface area contributed by atoms with Crippen LogP contribution < -0.4 is 0 Å². The van der Waals surface area contributed by atoms with E-state index in [-0.39, 0.29) is 5.56 Å². The van der Waals surface area contributed by atoms with Gasteiger partial charge < -0.3 is 13.9 Å². The van der Waals surface area contributed by atoms with E-state index in [4.69, 9.17) is 5.79 Å². The Balaban J connectivity index is 2.68. The maximum Gasteiger partial charge on any atom is 0.324 e. The first-order valence-electron chi connectivity index (χ1n) is 5.69. The topological polar surface area (TPSA) is 65.7 Å². The van der Waals surface area contributed by atoms with Crippen LogP contribution in [0, 0.1) is 0 Å². The van der Waals surface area contributed by atoms with Gasteiger partial charge in [0.15, 0.2) is 5.89 Å². The lowest BCUT2D eigenvalue weighted by Crippen LogP contribution is -2.24. The molecule has 0 unspecified atom stereocenters. The van der Waals surface area contributed by atoms with E-state index >= 15 is 0 Å². The number of hydrogen-bond acceptors (Lipinski definition) is 5. The molecular weight excluding hydrogens is 236 g/mol. The molecule has 0 saturated carbocycles. The molecule has 0 amide bonds. The van der Waals surface area contributed by atoms with E-state index in [1.54, 1.807) is 24.3 Å². The van der Waals surface area contributed by atoms with E-state index in [1.165, 1.54) is 6.26 Å². The highest BCUT2D eigenvalue weighted by atomic mass is 16.5. The summed E-state index contributed by atoms with van der Waals surface area (Å²) in [5.41, 5.74) is 0.573. The molecule has 0 radical (unpaired) electrons. The number of methoxy groups -OCH3 is 2. The van der Waals surface area contributed by atoms with Gasteiger partial charge in [0, 0.05) is 10.9 Å². The first-order valence-corrected chi connectivity index (χ1v) is 5.19. The zero-order valence-electron chi connectivity index (χ0n) is 10.9. The molecule has 1 aromatic carbocycles. The van der Waals surface area contributed by atoms with Crippen LogP contribution in [0.15, 0.2) is 34.9 Å². The minimum atomic E-state index is -2.30. The molecule has 18 heavy (non-hydrogen) atoms. The van der Waals surface area contributed by atoms with Gasteiger partial charge >= 0.3 is 11.9 Å². The highest BCUT2D eigenvalue weighted by Gasteiger charge is 2.33. The Morgan fingerprint density at radius 3 is 2.44 bits per heavy atom. The fourth-order valence-corrected chi connectivity index (χ4v) is 1.68. The summed E-state index contributed by atoms with van der Waals surface area (Å²) < 4.78 is 22.5. The second-order valence-electron chi connectivity index (χ2n) is 3.50. The minimum absolute atomic E-state index is 0.0989. The van der Waals surface area contributed by atoms with E-state index in [0.717, 1.165) is 14.2 Å². The molecule has 0 aliphatic carbocycles. The average Bonchev–Trinajstić information content (AvgIpc) is 2.88. The quantitative estimate of drug-likeness (QED) is 0.613. The molecule has 1 heterocycles. The van der Waals surface area contributed by atoms with Crippen molar-refractivity contribution in [1.29, 1.82) is 0 Å². The monoisotopic (exact) mass is 249 g/mol. The van der Waals surface area contributed by atoms with Crippen LogP contribution in [0.3, 0.4) is 0 Å². The number of para-hydroxylation sites is 1. The molecule has 94 valence electrons. The van der Waals surface area contributed by atoms with Crippen molar-refractivity contribution < 1.29 is 24.9 Å². The van der Waals surface area contributed by atoms with Gasteiger partial charge in [0.05, 0.1) is 21.9 Å². The summed E-state index contributed by atoms with van der Waals surface area (Å²) in [5, 5.41) is 0.494. The molecule has 1 aromatic heterocycles.